The van der Waals surface area contributed by atoms with Gasteiger partial charge in [-0.2, -0.15) is 15.5 Å². The number of nitriles is 1. The van der Waals surface area contributed by atoms with E-state index in [0.717, 1.165) is 29.7 Å². The summed E-state index contributed by atoms with van der Waals surface area (Å²) in [5.74, 6) is 0.149. The fourth-order valence-corrected chi connectivity index (χ4v) is 4.27. The molecule has 0 N–H and O–H groups in total. The lowest BCUT2D eigenvalue weighted by Crippen LogP contribution is -2.37. The molecule has 1 amide bonds. The molecule has 3 aromatic rings. The molecule has 2 atom stereocenters. The Bertz CT molecular complexity index is 1040. The summed E-state index contributed by atoms with van der Waals surface area (Å²) in [4.78, 5) is 15.1. The number of hydrogen-bond acceptors (Lipinski definition) is 4. The molecule has 2 fully saturated rings. The monoisotopic (exact) mass is 346 g/mol. The first-order valence-electron chi connectivity index (χ1n) is 8.86. The van der Waals surface area contributed by atoms with Gasteiger partial charge >= 0.3 is 0 Å². The maximum Gasteiger partial charge on any atom is 0.248 e. The van der Waals surface area contributed by atoms with Crippen LogP contribution in [0.25, 0.3) is 11.2 Å². The summed E-state index contributed by atoms with van der Waals surface area (Å²) in [6, 6.07) is 8.07. The molecule has 0 spiro atoms. The minimum absolute atomic E-state index is 0.0151. The first-order valence-corrected chi connectivity index (χ1v) is 8.86. The van der Waals surface area contributed by atoms with Gasteiger partial charge in [-0.1, -0.05) is 6.92 Å². The zero-order valence-corrected chi connectivity index (χ0v) is 14.4. The first kappa shape index (κ1) is 15.1. The van der Waals surface area contributed by atoms with Crippen molar-refractivity contribution in [3.05, 3.63) is 43.0 Å². The molecule has 7 nitrogen and oxygen atoms in total. The first-order chi connectivity index (χ1) is 12.6. The van der Waals surface area contributed by atoms with Crippen molar-refractivity contribution in [1.29, 1.82) is 5.26 Å². The van der Waals surface area contributed by atoms with Gasteiger partial charge in [0.25, 0.3) is 0 Å². The van der Waals surface area contributed by atoms with E-state index in [9.17, 15) is 10.1 Å². The highest BCUT2D eigenvalue weighted by atomic mass is 16.2. The van der Waals surface area contributed by atoms with E-state index in [0.29, 0.717) is 6.54 Å². The van der Waals surface area contributed by atoms with E-state index in [1.165, 1.54) is 0 Å². The van der Waals surface area contributed by atoms with Gasteiger partial charge < -0.3 is 4.90 Å². The summed E-state index contributed by atoms with van der Waals surface area (Å²) in [6.45, 7) is 2.58. The number of carbonyl (C=O) groups excluding carboxylic acids is 1. The smallest absolute Gasteiger partial charge is 0.248 e. The van der Waals surface area contributed by atoms with E-state index in [2.05, 4.69) is 16.3 Å². The van der Waals surface area contributed by atoms with Crippen molar-refractivity contribution in [3.63, 3.8) is 0 Å². The van der Waals surface area contributed by atoms with Crippen molar-refractivity contribution in [3.8, 4) is 11.8 Å². The van der Waals surface area contributed by atoms with Crippen molar-refractivity contribution < 1.29 is 4.79 Å². The van der Waals surface area contributed by atoms with Crippen LogP contribution in [-0.2, 0) is 4.79 Å². The van der Waals surface area contributed by atoms with Crippen LogP contribution in [0.15, 0.2) is 43.0 Å². The topological polar surface area (TPSA) is 79.2 Å². The Morgan fingerprint density at radius 3 is 2.85 bits per heavy atom. The van der Waals surface area contributed by atoms with E-state index in [1.54, 1.807) is 26.5 Å². The van der Waals surface area contributed by atoms with Crippen LogP contribution in [0.5, 0.6) is 0 Å². The molecular weight excluding hydrogens is 328 g/mol. The molecule has 0 bridgehead atoms. The largest absolute Gasteiger partial charge is 0.309 e. The van der Waals surface area contributed by atoms with E-state index < -0.39 is 5.41 Å². The Morgan fingerprint density at radius 1 is 1.31 bits per heavy atom. The zero-order valence-electron chi connectivity index (χ0n) is 14.4. The minimum atomic E-state index is -0.877. The van der Waals surface area contributed by atoms with Crippen LogP contribution in [0.3, 0.4) is 0 Å². The van der Waals surface area contributed by atoms with Crippen LogP contribution < -0.4 is 4.90 Å². The number of carbonyl (C=O) groups is 1. The lowest BCUT2D eigenvalue weighted by Gasteiger charge is -2.23. The lowest BCUT2D eigenvalue weighted by molar-refractivity contribution is -0.124. The van der Waals surface area contributed by atoms with Crippen LogP contribution in [0.2, 0.25) is 0 Å². The Morgan fingerprint density at radius 2 is 2.15 bits per heavy atom. The lowest BCUT2D eigenvalue weighted by atomic mass is 9.75. The van der Waals surface area contributed by atoms with Crippen molar-refractivity contribution in [1.82, 2.24) is 19.4 Å². The maximum atomic E-state index is 13.3. The van der Waals surface area contributed by atoms with Gasteiger partial charge in [0.05, 0.1) is 29.2 Å². The SMILES string of the molecule is C[C@@H]1CN(c2ccnn3cc(-n4cccn4)cc23)C(=O)[C@]1(C#N)C1CC1. The van der Waals surface area contributed by atoms with Crippen molar-refractivity contribution in [2.45, 2.75) is 19.8 Å². The molecule has 1 saturated carbocycles. The third-order valence-electron chi connectivity index (χ3n) is 5.77. The predicted octanol–water partition coefficient (Wildman–Crippen LogP) is 2.42. The number of rotatable bonds is 3. The molecule has 5 rings (SSSR count). The highest BCUT2D eigenvalue weighted by molar-refractivity contribution is 6.05. The van der Waals surface area contributed by atoms with Gasteiger partial charge in [0.1, 0.15) is 5.41 Å². The van der Waals surface area contributed by atoms with E-state index >= 15 is 0 Å². The van der Waals surface area contributed by atoms with E-state index in [-0.39, 0.29) is 17.7 Å². The summed E-state index contributed by atoms with van der Waals surface area (Å²) in [5.41, 5.74) is 1.64. The second-order valence-corrected chi connectivity index (χ2v) is 7.27. The van der Waals surface area contributed by atoms with Crippen LogP contribution in [-0.4, -0.2) is 31.8 Å². The molecule has 7 heteroatoms. The summed E-state index contributed by atoms with van der Waals surface area (Å²) >= 11 is 0. The van der Waals surface area contributed by atoms with E-state index in [1.807, 2.05) is 37.5 Å². The molecule has 0 unspecified atom stereocenters. The van der Waals surface area contributed by atoms with Crippen molar-refractivity contribution in [2.75, 3.05) is 11.4 Å². The van der Waals surface area contributed by atoms with Crippen molar-refractivity contribution in [2.24, 2.45) is 17.3 Å². The summed E-state index contributed by atoms with van der Waals surface area (Å²) in [6.07, 6.45) is 9.10. The third kappa shape index (κ3) is 1.90. The van der Waals surface area contributed by atoms with Gasteiger partial charge in [-0.15, -0.1) is 0 Å². The molecule has 1 aliphatic carbocycles. The van der Waals surface area contributed by atoms with Gasteiger partial charge in [-0.3, -0.25) is 4.79 Å². The molecule has 0 radical (unpaired) electrons. The van der Waals surface area contributed by atoms with Gasteiger partial charge in [-0.25, -0.2) is 9.20 Å². The highest BCUT2D eigenvalue weighted by Crippen LogP contribution is 2.54. The molecular formula is C19H18N6O. The second-order valence-electron chi connectivity index (χ2n) is 7.27. The molecule has 1 aliphatic heterocycles. The molecule has 1 saturated heterocycles. The van der Waals surface area contributed by atoms with Crippen LogP contribution in [0, 0.1) is 28.6 Å². The van der Waals surface area contributed by atoms with Gasteiger partial charge in [0.2, 0.25) is 5.91 Å². The molecule has 2 aliphatic rings. The number of amides is 1. The molecule has 0 aromatic carbocycles. The van der Waals surface area contributed by atoms with Gasteiger partial charge in [-0.05, 0) is 37.0 Å². The molecule has 3 aromatic heterocycles. The van der Waals surface area contributed by atoms with E-state index in [4.69, 9.17) is 0 Å². The Kier molecular flexibility index (Phi) is 3.02. The number of hydrogen-bond donors (Lipinski definition) is 0. The Labute approximate surface area is 150 Å². The molecule has 26 heavy (non-hydrogen) atoms. The van der Waals surface area contributed by atoms with Gasteiger partial charge in [0.15, 0.2) is 0 Å². The fourth-order valence-electron chi connectivity index (χ4n) is 4.27. The Hall–Kier alpha value is -3.14. The number of anilines is 1. The quantitative estimate of drug-likeness (QED) is 0.729. The number of aromatic nitrogens is 4. The number of nitrogens with zero attached hydrogens (tertiary/aromatic N) is 6. The fraction of sp³-hybridized carbons (Fsp3) is 0.368. The minimum Gasteiger partial charge on any atom is -0.309 e. The van der Waals surface area contributed by atoms with Crippen LogP contribution in [0.1, 0.15) is 19.8 Å². The molecule has 4 heterocycles. The maximum absolute atomic E-state index is 13.3. The molecule has 130 valence electrons. The Balaban J connectivity index is 1.62. The summed E-state index contributed by atoms with van der Waals surface area (Å²) < 4.78 is 3.52. The second kappa shape index (κ2) is 5.18. The van der Waals surface area contributed by atoms with Crippen LogP contribution >= 0.6 is 0 Å². The standard InChI is InChI=1S/C19H18N6O/c1-13-10-23(18(26)19(13,12-20)14-3-4-14)16-5-7-22-25-11-15(9-17(16)25)24-8-2-6-21-24/h2,5-9,11,13-14H,3-4,10H2,1H3/t13-,19+/m1/s1. The average molecular weight is 346 g/mol. The zero-order chi connectivity index (χ0) is 17.9. The predicted molar refractivity (Wildman–Crippen MR) is 94.6 cm³/mol. The van der Waals surface area contributed by atoms with Crippen molar-refractivity contribution >= 4 is 17.1 Å². The summed E-state index contributed by atoms with van der Waals surface area (Å²) in [7, 11) is 0. The van der Waals surface area contributed by atoms with Gasteiger partial charge in [0, 0.05) is 31.1 Å². The summed E-state index contributed by atoms with van der Waals surface area (Å²) in [5, 5.41) is 18.5. The van der Waals surface area contributed by atoms with Crippen LogP contribution in [0.4, 0.5) is 5.69 Å². The average Bonchev–Trinajstić information content (AvgIpc) is 3.09. The highest BCUT2D eigenvalue weighted by Gasteiger charge is 2.61. The normalized spacial score (nSPS) is 25.8. The third-order valence-corrected chi connectivity index (χ3v) is 5.77. The number of fused-ring (bicyclic) bond motifs is 1.